The van der Waals surface area contributed by atoms with Gasteiger partial charge in [0.2, 0.25) is 10.0 Å². The van der Waals surface area contributed by atoms with Crippen molar-refractivity contribution in [3.05, 3.63) is 29.3 Å². The number of sulfonamides is 1. The summed E-state index contributed by atoms with van der Waals surface area (Å²) < 4.78 is 31.2. The van der Waals surface area contributed by atoms with Crippen LogP contribution in [0.1, 0.15) is 15.9 Å². The molecule has 1 fully saturated rings. The molecule has 0 unspecified atom stereocenters. The first kappa shape index (κ1) is 15.0. The van der Waals surface area contributed by atoms with Crippen molar-refractivity contribution in [3.8, 4) is 0 Å². The maximum Gasteiger partial charge on any atom is 0.337 e. The van der Waals surface area contributed by atoms with E-state index in [2.05, 4.69) is 10.1 Å². The molecule has 6 nitrogen and oxygen atoms in total. The zero-order chi connectivity index (χ0) is 14.9. The van der Waals surface area contributed by atoms with E-state index in [1.807, 2.05) is 0 Å². The van der Waals surface area contributed by atoms with Crippen molar-refractivity contribution in [1.82, 2.24) is 9.62 Å². The van der Waals surface area contributed by atoms with Crippen LogP contribution >= 0.6 is 0 Å². The highest BCUT2D eigenvalue weighted by Gasteiger charge is 2.32. The van der Waals surface area contributed by atoms with E-state index >= 15 is 0 Å². The van der Waals surface area contributed by atoms with Gasteiger partial charge in [-0.3, -0.25) is 0 Å². The minimum absolute atomic E-state index is 0.0406. The second kappa shape index (κ2) is 5.51. The number of methoxy groups -OCH3 is 1. The first-order valence-electron chi connectivity index (χ1n) is 6.25. The molecule has 0 aliphatic carbocycles. The van der Waals surface area contributed by atoms with E-state index in [0.29, 0.717) is 18.7 Å². The molecule has 0 atom stereocenters. The van der Waals surface area contributed by atoms with Gasteiger partial charge in [0.05, 0.1) is 17.6 Å². The fourth-order valence-corrected chi connectivity index (χ4v) is 3.61. The molecular formula is C13H18N2O4S. The molecule has 1 aromatic carbocycles. The molecule has 1 aliphatic rings. The standard InChI is InChI=1S/C13H18N2O4S/c1-9-4-5-10(13(16)19-3)6-12(9)20(17,18)15(2)11-7-14-8-11/h4-6,11,14H,7-8H2,1-3H3. The number of nitrogens with zero attached hydrogens (tertiary/aromatic N) is 1. The van der Waals surface area contributed by atoms with Crippen LogP contribution in [0.3, 0.4) is 0 Å². The van der Waals surface area contributed by atoms with Gasteiger partial charge in [-0.25, -0.2) is 13.2 Å². The average molecular weight is 298 g/mol. The second-order valence-corrected chi connectivity index (χ2v) is 6.77. The minimum atomic E-state index is -3.61. The fraction of sp³-hybridized carbons (Fsp3) is 0.462. The lowest BCUT2D eigenvalue weighted by Crippen LogP contribution is -2.57. The molecule has 1 N–H and O–H groups in total. The van der Waals surface area contributed by atoms with Crippen molar-refractivity contribution < 1.29 is 17.9 Å². The van der Waals surface area contributed by atoms with Crippen molar-refractivity contribution in [2.75, 3.05) is 27.2 Å². The molecule has 2 rings (SSSR count). The van der Waals surface area contributed by atoms with Crippen LogP contribution in [-0.2, 0) is 14.8 Å². The number of hydrogen-bond donors (Lipinski definition) is 1. The predicted molar refractivity (Wildman–Crippen MR) is 74.1 cm³/mol. The largest absolute Gasteiger partial charge is 0.465 e. The maximum absolute atomic E-state index is 12.6. The summed E-state index contributed by atoms with van der Waals surface area (Å²) in [4.78, 5) is 11.7. The number of nitrogens with one attached hydrogen (secondary N) is 1. The summed E-state index contributed by atoms with van der Waals surface area (Å²) in [5, 5.41) is 3.04. The van der Waals surface area contributed by atoms with E-state index in [9.17, 15) is 13.2 Å². The summed E-state index contributed by atoms with van der Waals surface area (Å²) in [6.45, 7) is 3.00. The molecule has 1 heterocycles. The van der Waals surface area contributed by atoms with Gasteiger partial charge in [-0.05, 0) is 24.6 Å². The Hall–Kier alpha value is -1.44. The zero-order valence-electron chi connectivity index (χ0n) is 11.7. The van der Waals surface area contributed by atoms with Gasteiger partial charge in [0.25, 0.3) is 0 Å². The molecule has 0 amide bonds. The van der Waals surface area contributed by atoms with Gasteiger partial charge >= 0.3 is 5.97 Å². The highest BCUT2D eigenvalue weighted by atomic mass is 32.2. The lowest BCUT2D eigenvalue weighted by atomic mass is 10.1. The Balaban J connectivity index is 2.42. The maximum atomic E-state index is 12.6. The number of likely N-dealkylation sites (N-methyl/N-ethyl adjacent to an activating group) is 1. The van der Waals surface area contributed by atoms with E-state index in [0.717, 1.165) is 0 Å². The average Bonchev–Trinajstić information content (AvgIpc) is 2.36. The molecule has 1 aromatic rings. The number of carbonyl (C=O) groups excluding carboxylic acids is 1. The normalized spacial score (nSPS) is 16.0. The predicted octanol–water partition coefficient (Wildman–Crippen LogP) is 0.374. The van der Waals surface area contributed by atoms with E-state index in [1.54, 1.807) is 26.1 Å². The number of hydrogen-bond acceptors (Lipinski definition) is 5. The summed E-state index contributed by atoms with van der Waals surface area (Å²) >= 11 is 0. The molecule has 1 aliphatic heterocycles. The Morgan fingerprint density at radius 2 is 2.05 bits per heavy atom. The van der Waals surface area contributed by atoms with Crippen LogP contribution in [0.25, 0.3) is 0 Å². The number of rotatable bonds is 4. The molecule has 0 spiro atoms. The summed E-state index contributed by atoms with van der Waals surface area (Å²) in [6.07, 6.45) is 0. The monoisotopic (exact) mass is 298 g/mol. The Labute approximate surface area is 118 Å². The molecule has 20 heavy (non-hydrogen) atoms. The molecule has 0 bridgehead atoms. The number of benzene rings is 1. The molecule has 0 aromatic heterocycles. The van der Waals surface area contributed by atoms with Crippen molar-refractivity contribution in [3.63, 3.8) is 0 Å². The number of aryl methyl sites for hydroxylation is 1. The minimum Gasteiger partial charge on any atom is -0.465 e. The number of carbonyl (C=O) groups is 1. The quantitative estimate of drug-likeness (QED) is 0.813. The van der Waals surface area contributed by atoms with Crippen molar-refractivity contribution >= 4 is 16.0 Å². The topological polar surface area (TPSA) is 75.7 Å². The van der Waals surface area contributed by atoms with Crippen LogP contribution in [0.15, 0.2) is 23.1 Å². The van der Waals surface area contributed by atoms with Crippen LogP contribution in [0.5, 0.6) is 0 Å². The Morgan fingerprint density at radius 1 is 1.40 bits per heavy atom. The van der Waals surface area contributed by atoms with E-state index in [-0.39, 0.29) is 16.5 Å². The molecule has 0 saturated carbocycles. The molecule has 0 radical (unpaired) electrons. The summed E-state index contributed by atoms with van der Waals surface area (Å²) in [5.41, 5.74) is 0.841. The highest BCUT2D eigenvalue weighted by molar-refractivity contribution is 7.89. The lowest BCUT2D eigenvalue weighted by Gasteiger charge is -2.35. The van der Waals surface area contributed by atoms with Crippen LogP contribution in [0.4, 0.5) is 0 Å². The van der Waals surface area contributed by atoms with Gasteiger partial charge < -0.3 is 10.1 Å². The van der Waals surface area contributed by atoms with E-state index < -0.39 is 16.0 Å². The van der Waals surface area contributed by atoms with Gasteiger partial charge in [0.15, 0.2) is 0 Å². The molecule has 1 saturated heterocycles. The number of ether oxygens (including phenoxy) is 1. The van der Waals surface area contributed by atoms with Crippen molar-refractivity contribution in [2.24, 2.45) is 0 Å². The van der Waals surface area contributed by atoms with Gasteiger partial charge in [-0.15, -0.1) is 0 Å². The van der Waals surface area contributed by atoms with Crippen LogP contribution < -0.4 is 5.32 Å². The van der Waals surface area contributed by atoms with Crippen molar-refractivity contribution in [2.45, 2.75) is 17.9 Å². The van der Waals surface area contributed by atoms with Gasteiger partial charge in [0.1, 0.15) is 0 Å². The number of esters is 1. The second-order valence-electron chi connectivity index (χ2n) is 4.81. The smallest absolute Gasteiger partial charge is 0.337 e. The van der Waals surface area contributed by atoms with E-state index in [1.165, 1.54) is 17.5 Å². The third-order valence-electron chi connectivity index (χ3n) is 3.54. The summed E-state index contributed by atoms with van der Waals surface area (Å²) in [6, 6.07) is 4.51. The Kier molecular flexibility index (Phi) is 4.12. The molecular weight excluding hydrogens is 280 g/mol. The van der Waals surface area contributed by atoms with Crippen LogP contribution in [-0.4, -0.2) is 52.0 Å². The SMILES string of the molecule is COC(=O)c1ccc(C)c(S(=O)(=O)N(C)C2CNC2)c1. The Morgan fingerprint density at radius 3 is 2.55 bits per heavy atom. The van der Waals surface area contributed by atoms with E-state index in [4.69, 9.17) is 0 Å². The third kappa shape index (κ3) is 2.56. The molecule has 110 valence electrons. The molecule has 7 heteroatoms. The van der Waals surface area contributed by atoms with Crippen LogP contribution in [0, 0.1) is 6.92 Å². The first-order valence-corrected chi connectivity index (χ1v) is 7.69. The third-order valence-corrected chi connectivity index (χ3v) is 5.59. The Bertz CT molecular complexity index is 623. The van der Waals surface area contributed by atoms with Crippen molar-refractivity contribution in [1.29, 1.82) is 0 Å². The summed E-state index contributed by atoms with van der Waals surface area (Å²) in [5.74, 6) is -0.547. The lowest BCUT2D eigenvalue weighted by molar-refractivity contribution is 0.0600. The summed E-state index contributed by atoms with van der Waals surface area (Å²) in [7, 11) is -0.781. The van der Waals surface area contributed by atoms with Crippen LogP contribution in [0.2, 0.25) is 0 Å². The fourth-order valence-electron chi connectivity index (χ4n) is 2.00. The van der Waals surface area contributed by atoms with Gasteiger partial charge in [-0.2, -0.15) is 4.31 Å². The van der Waals surface area contributed by atoms with Gasteiger partial charge in [0, 0.05) is 26.2 Å². The van der Waals surface area contributed by atoms with Gasteiger partial charge in [-0.1, -0.05) is 6.07 Å². The zero-order valence-corrected chi connectivity index (χ0v) is 12.5. The highest BCUT2D eigenvalue weighted by Crippen LogP contribution is 2.23. The first-order chi connectivity index (χ1) is 9.37.